The van der Waals surface area contributed by atoms with Crippen LogP contribution < -0.4 is 0 Å². The Bertz CT molecular complexity index is 438. The first-order valence-corrected chi connectivity index (χ1v) is 5.19. The van der Waals surface area contributed by atoms with Gasteiger partial charge in [-0.2, -0.15) is 10.5 Å². The number of nitriles is 2. The highest BCUT2D eigenvalue weighted by Gasteiger charge is 2.10. The Balaban J connectivity index is 3.31. The van der Waals surface area contributed by atoms with Gasteiger partial charge in [0.15, 0.2) is 0 Å². The van der Waals surface area contributed by atoms with Crippen LogP contribution in [0.25, 0.3) is 0 Å². The van der Waals surface area contributed by atoms with E-state index in [-0.39, 0.29) is 0 Å². The number of halogens is 1. The number of hydrogen-bond donors (Lipinski definition) is 0. The Morgan fingerprint density at radius 1 is 1.33 bits per heavy atom. The molecule has 0 bridgehead atoms. The van der Waals surface area contributed by atoms with Crippen molar-refractivity contribution in [2.45, 2.75) is 26.2 Å². The van der Waals surface area contributed by atoms with Crippen molar-refractivity contribution >= 4 is 11.6 Å². The maximum Gasteiger partial charge on any atom is 0.101 e. The van der Waals surface area contributed by atoms with Gasteiger partial charge in [-0.05, 0) is 23.6 Å². The summed E-state index contributed by atoms with van der Waals surface area (Å²) in [5, 5.41) is 18.2. The lowest BCUT2D eigenvalue weighted by atomic mass is 9.96. The average molecular weight is 219 g/mol. The molecule has 0 aliphatic heterocycles. The normalized spacial score (nSPS) is 9.33. The van der Waals surface area contributed by atoms with Gasteiger partial charge in [0.1, 0.15) is 6.07 Å². The molecule has 0 saturated heterocycles. The van der Waals surface area contributed by atoms with Crippen molar-refractivity contribution in [3.63, 3.8) is 0 Å². The number of nitrogens with zero attached hydrogens (tertiary/aromatic N) is 2. The van der Waals surface area contributed by atoms with E-state index >= 15 is 0 Å². The summed E-state index contributed by atoms with van der Waals surface area (Å²) in [6.45, 7) is 2.04. The molecule has 3 heteroatoms. The van der Waals surface area contributed by atoms with E-state index in [1.807, 2.05) is 13.0 Å². The maximum absolute atomic E-state index is 9.00. The van der Waals surface area contributed by atoms with E-state index in [0.29, 0.717) is 17.0 Å². The third-order valence-corrected chi connectivity index (χ3v) is 2.56. The lowest BCUT2D eigenvalue weighted by molar-refractivity contribution is 0.903. The fourth-order valence-electron chi connectivity index (χ4n) is 1.57. The van der Waals surface area contributed by atoms with Crippen LogP contribution in [0.15, 0.2) is 12.1 Å². The second-order valence-corrected chi connectivity index (χ2v) is 3.66. The SMILES string of the molecule is CCCc1c(CC#N)ccc(Cl)c1C#N. The van der Waals surface area contributed by atoms with Crippen molar-refractivity contribution in [2.75, 3.05) is 0 Å². The predicted octanol–water partition coefficient (Wildman–Crippen LogP) is 3.23. The molecule has 1 rings (SSSR count). The number of rotatable bonds is 3. The minimum atomic E-state index is 0.335. The van der Waals surface area contributed by atoms with Gasteiger partial charge in [0.25, 0.3) is 0 Å². The van der Waals surface area contributed by atoms with Gasteiger partial charge in [0.05, 0.1) is 23.1 Å². The molecule has 0 amide bonds. The minimum Gasteiger partial charge on any atom is -0.198 e. The zero-order valence-electron chi connectivity index (χ0n) is 8.55. The number of benzene rings is 1. The molecule has 0 aliphatic rings. The van der Waals surface area contributed by atoms with Gasteiger partial charge >= 0.3 is 0 Å². The van der Waals surface area contributed by atoms with Gasteiger partial charge in [-0.3, -0.25) is 0 Å². The molecule has 1 aromatic rings. The van der Waals surface area contributed by atoms with Crippen LogP contribution in [0.5, 0.6) is 0 Å². The molecule has 0 aromatic heterocycles. The molecule has 0 radical (unpaired) electrons. The van der Waals surface area contributed by atoms with Gasteiger partial charge < -0.3 is 0 Å². The van der Waals surface area contributed by atoms with Crippen molar-refractivity contribution in [3.8, 4) is 12.1 Å². The van der Waals surface area contributed by atoms with Crippen LogP contribution in [-0.2, 0) is 12.8 Å². The summed E-state index contributed by atoms with van der Waals surface area (Å²) in [6.07, 6.45) is 2.06. The van der Waals surface area contributed by atoms with Gasteiger partial charge in [0, 0.05) is 0 Å². The molecular weight excluding hydrogens is 208 g/mol. The van der Waals surface area contributed by atoms with Crippen LogP contribution in [-0.4, -0.2) is 0 Å². The first-order valence-electron chi connectivity index (χ1n) is 4.81. The molecule has 0 heterocycles. The summed E-state index contributed by atoms with van der Waals surface area (Å²) < 4.78 is 0. The topological polar surface area (TPSA) is 47.6 Å². The summed E-state index contributed by atoms with van der Waals surface area (Å²) in [6, 6.07) is 7.72. The van der Waals surface area contributed by atoms with E-state index < -0.39 is 0 Å². The van der Waals surface area contributed by atoms with Crippen LogP contribution in [0.1, 0.15) is 30.0 Å². The van der Waals surface area contributed by atoms with Crippen molar-refractivity contribution in [3.05, 3.63) is 33.8 Å². The molecule has 0 N–H and O–H groups in total. The Labute approximate surface area is 94.7 Å². The van der Waals surface area contributed by atoms with Crippen molar-refractivity contribution in [1.82, 2.24) is 0 Å². The van der Waals surface area contributed by atoms with Crippen molar-refractivity contribution in [2.24, 2.45) is 0 Å². The van der Waals surface area contributed by atoms with Crippen LogP contribution in [0.4, 0.5) is 0 Å². The molecule has 76 valence electrons. The Morgan fingerprint density at radius 2 is 2.07 bits per heavy atom. The van der Waals surface area contributed by atoms with Gasteiger partial charge in [-0.1, -0.05) is 31.0 Å². The summed E-state index contributed by atoms with van der Waals surface area (Å²) in [5.41, 5.74) is 2.36. The fourth-order valence-corrected chi connectivity index (χ4v) is 1.79. The van der Waals surface area contributed by atoms with E-state index in [1.54, 1.807) is 6.07 Å². The van der Waals surface area contributed by atoms with Gasteiger partial charge in [-0.25, -0.2) is 0 Å². The third kappa shape index (κ3) is 2.49. The molecular formula is C12H11ClN2. The fraction of sp³-hybridized carbons (Fsp3) is 0.333. The Morgan fingerprint density at radius 3 is 2.60 bits per heavy atom. The molecule has 0 unspecified atom stereocenters. The van der Waals surface area contributed by atoms with E-state index in [0.717, 1.165) is 24.0 Å². The molecule has 0 aliphatic carbocycles. The summed E-state index contributed by atoms with van der Waals surface area (Å²) in [7, 11) is 0. The largest absolute Gasteiger partial charge is 0.198 e. The highest BCUT2D eigenvalue weighted by molar-refractivity contribution is 6.31. The highest BCUT2D eigenvalue weighted by atomic mass is 35.5. The van der Waals surface area contributed by atoms with E-state index in [9.17, 15) is 0 Å². The monoisotopic (exact) mass is 218 g/mol. The molecule has 0 spiro atoms. The van der Waals surface area contributed by atoms with E-state index in [4.69, 9.17) is 22.1 Å². The first-order chi connectivity index (χ1) is 7.24. The third-order valence-electron chi connectivity index (χ3n) is 2.24. The first kappa shape index (κ1) is 11.6. The lowest BCUT2D eigenvalue weighted by Crippen LogP contribution is -1.98. The summed E-state index contributed by atoms with van der Waals surface area (Å²) >= 11 is 5.93. The van der Waals surface area contributed by atoms with Crippen molar-refractivity contribution < 1.29 is 0 Å². The van der Waals surface area contributed by atoms with Gasteiger partial charge in [-0.15, -0.1) is 0 Å². The molecule has 0 fully saturated rings. The molecule has 0 saturated carbocycles. The molecule has 1 aromatic carbocycles. The zero-order valence-corrected chi connectivity index (χ0v) is 9.30. The maximum atomic E-state index is 9.00. The average Bonchev–Trinajstić information content (AvgIpc) is 2.23. The predicted molar refractivity (Wildman–Crippen MR) is 59.5 cm³/mol. The Kier molecular flexibility index (Phi) is 4.16. The minimum absolute atomic E-state index is 0.335. The molecule has 2 nitrogen and oxygen atoms in total. The molecule has 15 heavy (non-hydrogen) atoms. The van der Waals surface area contributed by atoms with E-state index in [1.165, 1.54) is 0 Å². The zero-order chi connectivity index (χ0) is 11.3. The molecule has 0 atom stereocenters. The van der Waals surface area contributed by atoms with Crippen LogP contribution in [0.3, 0.4) is 0 Å². The smallest absolute Gasteiger partial charge is 0.101 e. The Hall–Kier alpha value is -1.51. The summed E-state index contributed by atoms with van der Waals surface area (Å²) in [4.78, 5) is 0. The number of hydrogen-bond acceptors (Lipinski definition) is 2. The van der Waals surface area contributed by atoms with E-state index in [2.05, 4.69) is 12.1 Å². The van der Waals surface area contributed by atoms with Crippen LogP contribution in [0.2, 0.25) is 5.02 Å². The highest BCUT2D eigenvalue weighted by Crippen LogP contribution is 2.24. The second kappa shape index (κ2) is 5.39. The quantitative estimate of drug-likeness (QED) is 0.782. The van der Waals surface area contributed by atoms with Crippen LogP contribution >= 0.6 is 11.6 Å². The lowest BCUT2D eigenvalue weighted by Gasteiger charge is -2.09. The second-order valence-electron chi connectivity index (χ2n) is 3.26. The van der Waals surface area contributed by atoms with Crippen LogP contribution in [0, 0.1) is 22.7 Å². The van der Waals surface area contributed by atoms with Crippen molar-refractivity contribution in [1.29, 1.82) is 10.5 Å². The summed E-state index contributed by atoms with van der Waals surface area (Å²) in [5.74, 6) is 0. The standard InChI is InChI=1S/C12H11ClN2/c1-2-3-10-9(6-7-14)4-5-12(13)11(10)8-15/h4-5H,2-3,6H2,1H3. The van der Waals surface area contributed by atoms with Gasteiger partial charge in [0.2, 0.25) is 0 Å².